The van der Waals surface area contributed by atoms with Gasteiger partial charge in [0.2, 0.25) is 0 Å². The molecule has 14 heteroatoms. The predicted octanol–water partition coefficient (Wildman–Crippen LogP) is 9.52. The van der Waals surface area contributed by atoms with E-state index in [9.17, 15) is 0 Å². The van der Waals surface area contributed by atoms with Crippen LogP contribution in [0.15, 0.2) is 147 Å². The van der Waals surface area contributed by atoms with Crippen molar-refractivity contribution >= 4 is 65.4 Å². The average molecular weight is 1150 g/mol. The van der Waals surface area contributed by atoms with Gasteiger partial charge in [-0.15, -0.1) is 64.4 Å². The van der Waals surface area contributed by atoms with Gasteiger partial charge in [-0.3, -0.25) is 9.97 Å². The molecule has 0 aliphatic rings. The minimum absolute atomic E-state index is 0. The fourth-order valence-electron chi connectivity index (χ4n) is 7.88. The van der Waals surface area contributed by atoms with Crippen LogP contribution in [0.3, 0.4) is 0 Å². The molecule has 0 aliphatic heterocycles. The first-order chi connectivity index (χ1) is 29.2. The molecule has 0 spiro atoms. The van der Waals surface area contributed by atoms with Crippen molar-refractivity contribution in [3.05, 3.63) is 171 Å². The number of hydrogen-bond acceptors (Lipinski definition) is 9. The Morgan fingerprint density at radius 3 is 1.21 bits per heavy atom. The number of fused-ring (bicyclic) bond motifs is 9. The molecule has 0 radical (unpaired) electrons. The summed E-state index contributed by atoms with van der Waals surface area (Å²) in [5, 5.41) is 14.5. The van der Waals surface area contributed by atoms with Crippen LogP contribution >= 0.6 is 0 Å². The fraction of sp³-hybridized carbons (Fsp3) is 0. The average Bonchev–Trinajstić information content (AvgIpc) is 3.92. The predicted molar refractivity (Wildman–Crippen MR) is 222 cm³/mol. The van der Waals surface area contributed by atoms with Crippen molar-refractivity contribution in [1.82, 2.24) is 48.8 Å². The van der Waals surface area contributed by atoms with Crippen LogP contribution in [0.1, 0.15) is 0 Å². The van der Waals surface area contributed by atoms with Crippen molar-refractivity contribution in [2.75, 3.05) is 0 Å². The van der Waals surface area contributed by atoms with Crippen molar-refractivity contribution in [3.8, 4) is 40.6 Å². The molecular formula is C47H24N10O2Pt2. The van der Waals surface area contributed by atoms with Gasteiger partial charge in [0.25, 0.3) is 5.95 Å². The molecule has 0 N–H and O–H groups in total. The van der Waals surface area contributed by atoms with Crippen molar-refractivity contribution < 1.29 is 51.6 Å². The molecular weight excluding hydrogens is 1130 g/mol. The Morgan fingerprint density at radius 2 is 0.803 bits per heavy atom. The maximum absolute atomic E-state index is 6.49. The maximum atomic E-state index is 6.49. The van der Waals surface area contributed by atoms with Crippen LogP contribution in [0.2, 0.25) is 0 Å². The number of aromatic nitrogens is 10. The van der Waals surface area contributed by atoms with Crippen LogP contribution in [0.5, 0.6) is 23.0 Å². The Balaban J connectivity index is 0.00000223. The summed E-state index contributed by atoms with van der Waals surface area (Å²) in [5.41, 5.74) is 4.97. The normalized spacial score (nSPS) is 11.3. The summed E-state index contributed by atoms with van der Waals surface area (Å²) in [4.78, 5) is 22.4. The van der Waals surface area contributed by atoms with Crippen LogP contribution in [-0.4, -0.2) is 48.8 Å². The van der Waals surface area contributed by atoms with E-state index in [0.29, 0.717) is 51.6 Å². The van der Waals surface area contributed by atoms with Crippen LogP contribution in [0, 0.1) is 24.3 Å². The summed E-state index contributed by atoms with van der Waals surface area (Å²) < 4.78 is 18.9. The zero-order valence-corrected chi connectivity index (χ0v) is 35.8. The van der Waals surface area contributed by atoms with Gasteiger partial charge >= 0.3 is 42.1 Å². The Kier molecular flexibility index (Phi) is 9.66. The standard InChI is InChI=1S/C47H24N10O2.2Pt/c1-3-7-39-33(5-1)35-13-9-29(23-41(35)55(39)45-27-48-17-19-50-45)58-31-11-15-37-38-16-12-32(26-44(38)57(43(37)25-31)47-52-21-22-53-54-47)59-30-10-14-36-34-6-2-4-8-40(34)56(42(36)24-30)46-28-49-18-20-51-46;;/h1-22,27-28H;;/q-4;2*+2. The first-order valence-electron chi connectivity index (χ1n) is 18.6. The molecule has 294 valence electrons. The van der Waals surface area contributed by atoms with E-state index in [1.807, 2.05) is 86.5 Å². The summed E-state index contributed by atoms with van der Waals surface area (Å²) in [6.45, 7) is 0. The molecule has 0 saturated heterocycles. The van der Waals surface area contributed by atoms with E-state index in [-0.39, 0.29) is 42.1 Å². The number of rotatable bonds is 7. The van der Waals surface area contributed by atoms with Gasteiger partial charge in [-0.05, 0) is 22.9 Å². The SMILES string of the molecule is [Pt+2].[Pt+2].[c-]1c(Oc2[c-]c3c(cc2)c2ccccc2n3-c2cnccn2)ccc2c3ccc(Oc4[c-]c5c(cc4)c4ccccc4n5-c4cnccn4)[c-]c3n(-c3nccnn3)c12. The van der Waals surface area contributed by atoms with E-state index in [4.69, 9.17) is 9.47 Å². The van der Waals surface area contributed by atoms with Crippen molar-refractivity contribution in [1.29, 1.82) is 0 Å². The number of benzene rings is 6. The van der Waals surface area contributed by atoms with E-state index in [0.717, 1.165) is 54.4 Å². The molecule has 0 bridgehead atoms. The molecule has 12 nitrogen and oxygen atoms in total. The monoisotopic (exact) mass is 1150 g/mol. The van der Waals surface area contributed by atoms with Gasteiger partial charge in [-0.2, -0.15) is 40.1 Å². The molecule has 0 fully saturated rings. The second-order valence-corrected chi connectivity index (χ2v) is 13.7. The first kappa shape index (κ1) is 38.1. The molecule has 12 aromatic rings. The van der Waals surface area contributed by atoms with Gasteiger partial charge in [0.15, 0.2) is 11.6 Å². The van der Waals surface area contributed by atoms with E-state index in [1.165, 1.54) is 6.20 Å². The number of nitrogens with zero attached hydrogens (tertiary/aromatic N) is 10. The van der Waals surface area contributed by atoms with Gasteiger partial charge in [-0.1, -0.05) is 58.5 Å². The van der Waals surface area contributed by atoms with Crippen molar-refractivity contribution in [2.45, 2.75) is 0 Å². The zero-order valence-electron chi connectivity index (χ0n) is 31.3. The minimum atomic E-state index is 0. The summed E-state index contributed by atoms with van der Waals surface area (Å²) in [6, 6.07) is 46.0. The topological polar surface area (TPSA) is 123 Å². The molecule has 6 heterocycles. The van der Waals surface area contributed by atoms with Crippen LogP contribution in [0.4, 0.5) is 0 Å². The summed E-state index contributed by atoms with van der Waals surface area (Å²) in [5.74, 6) is 3.68. The maximum Gasteiger partial charge on any atom is 2.00 e. The van der Waals surface area contributed by atoms with Gasteiger partial charge in [-0.25, -0.2) is 15.0 Å². The largest absolute Gasteiger partial charge is 2.00 e. The number of para-hydroxylation sites is 2. The molecule has 0 amide bonds. The van der Waals surface area contributed by atoms with Gasteiger partial charge in [0.1, 0.15) is 0 Å². The summed E-state index contributed by atoms with van der Waals surface area (Å²) >= 11 is 0. The molecule has 0 aliphatic carbocycles. The molecule has 0 saturated carbocycles. The van der Waals surface area contributed by atoms with E-state index in [1.54, 1.807) is 43.4 Å². The Hall–Kier alpha value is -7.13. The third kappa shape index (κ3) is 6.34. The van der Waals surface area contributed by atoms with Gasteiger partial charge in [0.05, 0.1) is 24.8 Å². The molecule has 6 aromatic carbocycles. The summed E-state index contributed by atoms with van der Waals surface area (Å²) in [7, 11) is 0. The molecule has 0 atom stereocenters. The van der Waals surface area contributed by atoms with E-state index >= 15 is 0 Å². The number of ether oxygens (including phenoxy) is 2. The van der Waals surface area contributed by atoms with Crippen molar-refractivity contribution in [2.24, 2.45) is 0 Å². The second-order valence-electron chi connectivity index (χ2n) is 13.7. The second kappa shape index (κ2) is 15.5. The van der Waals surface area contributed by atoms with E-state index < -0.39 is 0 Å². The van der Waals surface area contributed by atoms with Crippen molar-refractivity contribution in [3.63, 3.8) is 0 Å². The zero-order chi connectivity index (χ0) is 38.9. The molecule has 12 rings (SSSR count). The molecule has 0 unspecified atom stereocenters. The quantitative estimate of drug-likeness (QED) is 0.144. The third-order valence-corrected chi connectivity index (χ3v) is 10.3. The Labute approximate surface area is 375 Å². The summed E-state index contributed by atoms with van der Waals surface area (Å²) in [6.07, 6.45) is 13.3. The number of hydrogen-bond donors (Lipinski definition) is 0. The van der Waals surface area contributed by atoms with E-state index in [2.05, 4.69) is 83.6 Å². The van der Waals surface area contributed by atoms with Gasteiger partial charge in [0, 0.05) is 58.8 Å². The van der Waals surface area contributed by atoms with Crippen LogP contribution < -0.4 is 9.47 Å². The first-order valence-corrected chi connectivity index (χ1v) is 18.6. The molecule has 6 aromatic heterocycles. The molecule has 61 heavy (non-hydrogen) atoms. The third-order valence-electron chi connectivity index (χ3n) is 10.3. The Morgan fingerprint density at radius 1 is 0.393 bits per heavy atom. The fourth-order valence-corrected chi connectivity index (χ4v) is 7.88. The smallest absolute Gasteiger partial charge is 0.509 e. The minimum Gasteiger partial charge on any atom is -0.509 e. The van der Waals surface area contributed by atoms with Crippen LogP contribution in [0.25, 0.3) is 83.0 Å². The van der Waals surface area contributed by atoms with Gasteiger partial charge < -0.3 is 23.2 Å². The van der Waals surface area contributed by atoms with Crippen LogP contribution in [-0.2, 0) is 42.1 Å². The Bertz CT molecular complexity index is 3360.